The normalized spacial score (nSPS) is 14.9. The van der Waals surface area contributed by atoms with E-state index in [2.05, 4.69) is 31.9 Å². The number of nitrogens with zero attached hydrogens (tertiary/aromatic N) is 2. The molecule has 0 N–H and O–H groups in total. The summed E-state index contributed by atoms with van der Waals surface area (Å²) < 4.78 is 45.7. The van der Waals surface area contributed by atoms with Gasteiger partial charge in [-0.15, -0.1) is 0 Å². The molecular formula is C24H13Br2F3N2O4S2. The highest BCUT2D eigenvalue weighted by Gasteiger charge is 2.34. The molecule has 13 heteroatoms. The highest BCUT2D eigenvalue weighted by Crippen LogP contribution is 2.43. The maximum absolute atomic E-state index is 13.0. The molecule has 3 aromatic rings. The van der Waals surface area contributed by atoms with Gasteiger partial charge in [-0.3, -0.25) is 19.8 Å². The van der Waals surface area contributed by atoms with Gasteiger partial charge in [0.25, 0.3) is 5.91 Å². The summed E-state index contributed by atoms with van der Waals surface area (Å²) in [4.78, 5) is 25.3. The molecule has 1 aliphatic heterocycles. The SMILES string of the molecule is O=C1/C(=C\c2cc(Br)c(Oc3ccc(C(F)(F)F)cc3[N+](=O)[O-])c(Br)c2)SC(=S)N1Cc1ccccc1. The molecule has 1 heterocycles. The van der Waals surface area contributed by atoms with Crippen molar-refractivity contribution in [2.45, 2.75) is 12.7 Å². The molecule has 0 aromatic heterocycles. The van der Waals surface area contributed by atoms with E-state index in [1.54, 1.807) is 18.2 Å². The lowest BCUT2D eigenvalue weighted by molar-refractivity contribution is -0.385. The molecule has 3 aromatic carbocycles. The predicted molar refractivity (Wildman–Crippen MR) is 145 cm³/mol. The van der Waals surface area contributed by atoms with Crippen molar-refractivity contribution >= 4 is 77.8 Å². The second-order valence-electron chi connectivity index (χ2n) is 7.61. The Morgan fingerprint density at radius 1 is 1.08 bits per heavy atom. The second-order valence-corrected chi connectivity index (χ2v) is 11.0. The Morgan fingerprint density at radius 3 is 2.32 bits per heavy atom. The van der Waals surface area contributed by atoms with E-state index >= 15 is 0 Å². The van der Waals surface area contributed by atoms with Gasteiger partial charge in [-0.05, 0) is 73.3 Å². The zero-order valence-electron chi connectivity index (χ0n) is 18.3. The van der Waals surface area contributed by atoms with Gasteiger partial charge in [0.05, 0.1) is 30.9 Å². The fourth-order valence-electron chi connectivity index (χ4n) is 3.35. The van der Waals surface area contributed by atoms with Gasteiger partial charge in [0.15, 0.2) is 5.75 Å². The lowest BCUT2D eigenvalue weighted by Crippen LogP contribution is -2.27. The van der Waals surface area contributed by atoms with Crippen LogP contribution in [-0.2, 0) is 17.5 Å². The van der Waals surface area contributed by atoms with Crippen molar-refractivity contribution < 1.29 is 27.6 Å². The van der Waals surface area contributed by atoms with Crippen molar-refractivity contribution in [3.8, 4) is 11.5 Å². The number of hydrogen-bond acceptors (Lipinski definition) is 6. The maximum atomic E-state index is 13.0. The first-order valence-electron chi connectivity index (χ1n) is 10.3. The monoisotopic (exact) mass is 672 g/mol. The summed E-state index contributed by atoms with van der Waals surface area (Å²) in [6, 6.07) is 14.7. The molecule has 37 heavy (non-hydrogen) atoms. The van der Waals surface area contributed by atoms with Crippen LogP contribution in [0.4, 0.5) is 18.9 Å². The van der Waals surface area contributed by atoms with Crippen molar-refractivity contribution in [1.29, 1.82) is 0 Å². The van der Waals surface area contributed by atoms with Crippen LogP contribution in [0.15, 0.2) is 74.5 Å². The highest BCUT2D eigenvalue weighted by atomic mass is 79.9. The Morgan fingerprint density at radius 2 is 1.73 bits per heavy atom. The number of halogens is 5. The molecular weight excluding hydrogens is 661 g/mol. The van der Waals surface area contributed by atoms with Crippen LogP contribution in [0.2, 0.25) is 0 Å². The number of thioether (sulfide) groups is 1. The van der Waals surface area contributed by atoms with Crippen molar-refractivity contribution in [3.63, 3.8) is 0 Å². The van der Waals surface area contributed by atoms with E-state index in [0.717, 1.165) is 23.4 Å². The number of benzene rings is 3. The third-order valence-corrected chi connectivity index (χ3v) is 7.63. The minimum Gasteiger partial charge on any atom is -0.448 e. The summed E-state index contributed by atoms with van der Waals surface area (Å²) in [6.07, 6.45) is -3.10. The number of alkyl halides is 3. The van der Waals surface area contributed by atoms with Gasteiger partial charge in [-0.1, -0.05) is 54.3 Å². The minimum absolute atomic E-state index is 0.108. The van der Waals surface area contributed by atoms with Crippen molar-refractivity contribution in [2.75, 3.05) is 0 Å². The topological polar surface area (TPSA) is 72.7 Å². The summed E-state index contributed by atoms with van der Waals surface area (Å²) in [7, 11) is 0. The van der Waals surface area contributed by atoms with E-state index in [1.165, 1.54) is 4.90 Å². The standard InChI is InChI=1S/C24H13Br2F3N2O4S2/c25-16-8-14(10-20-22(32)30(23(36)37-20)12-13-4-2-1-3-5-13)9-17(26)21(16)35-19-7-6-15(24(27,28)29)11-18(19)31(33)34/h1-11H,12H2/b20-10+. The second kappa shape index (κ2) is 10.9. The minimum atomic E-state index is -4.74. The predicted octanol–water partition coefficient (Wildman–Crippen LogP) is 8.33. The third kappa shape index (κ3) is 6.22. The number of hydrogen-bond donors (Lipinski definition) is 0. The smallest absolute Gasteiger partial charge is 0.416 e. The summed E-state index contributed by atoms with van der Waals surface area (Å²) in [5.74, 6) is -0.502. The quantitative estimate of drug-likeness (QED) is 0.113. The molecule has 0 unspecified atom stereocenters. The molecule has 0 saturated carbocycles. The molecule has 1 amide bonds. The average molecular weight is 674 g/mol. The Kier molecular flexibility index (Phi) is 8.07. The van der Waals surface area contributed by atoms with Crippen LogP contribution in [0.3, 0.4) is 0 Å². The number of ether oxygens (including phenoxy) is 1. The molecule has 6 nitrogen and oxygen atoms in total. The van der Waals surface area contributed by atoms with Crippen molar-refractivity contribution in [1.82, 2.24) is 4.90 Å². The van der Waals surface area contributed by atoms with Crippen LogP contribution in [-0.4, -0.2) is 20.1 Å². The third-order valence-electron chi connectivity index (χ3n) is 5.07. The van der Waals surface area contributed by atoms with E-state index in [4.69, 9.17) is 17.0 Å². The number of carbonyl (C=O) groups excluding carboxylic acids is 1. The molecule has 0 atom stereocenters. The van der Waals surface area contributed by atoms with Gasteiger partial charge in [0, 0.05) is 6.07 Å². The van der Waals surface area contributed by atoms with E-state index < -0.39 is 22.4 Å². The highest BCUT2D eigenvalue weighted by molar-refractivity contribution is 9.11. The van der Waals surface area contributed by atoms with Gasteiger partial charge in [-0.2, -0.15) is 13.2 Å². The first kappa shape index (κ1) is 27.3. The molecule has 4 rings (SSSR count). The van der Waals surface area contributed by atoms with Crippen molar-refractivity contribution in [3.05, 3.63) is 101 Å². The number of nitro groups is 1. The molecule has 1 aliphatic rings. The molecule has 0 spiro atoms. The van der Waals surface area contributed by atoms with Gasteiger partial charge >= 0.3 is 11.9 Å². The zero-order valence-corrected chi connectivity index (χ0v) is 23.1. The van der Waals surface area contributed by atoms with Crippen LogP contribution >= 0.6 is 55.8 Å². The number of rotatable bonds is 6. The summed E-state index contributed by atoms with van der Waals surface area (Å²) in [5.41, 5.74) is -0.470. The largest absolute Gasteiger partial charge is 0.448 e. The number of nitro benzene ring substituents is 1. The van der Waals surface area contributed by atoms with Gasteiger partial charge in [-0.25, -0.2) is 0 Å². The first-order chi connectivity index (χ1) is 17.4. The fourth-order valence-corrected chi connectivity index (χ4v) is 5.99. The Labute approximate surface area is 234 Å². The van der Waals surface area contributed by atoms with Crippen LogP contribution < -0.4 is 4.74 Å². The lowest BCUT2D eigenvalue weighted by Gasteiger charge is -2.14. The van der Waals surface area contributed by atoms with E-state index in [0.29, 0.717) is 42.4 Å². The zero-order chi connectivity index (χ0) is 26.9. The first-order valence-corrected chi connectivity index (χ1v) is 13.1. The maximum Gasteiger partial charge on any atom is 0.416 e. The van der Waals surface area contributed by atoms with Crippen LogP contribution in [0.1, 0.15) is 16.7 Å². The summed E-state index contributed by atoms with van der Waals surface area (Å²) in [6.45, 7) is 0.342. The molecule has 0 bridgehead atoms. The Bertz CT molecular complexity index is 1430. The summed E-state index contributed by atoms with van der Waals surface area (Å²) >= 11 is 13.2. The Hall–Kier alpha value is -2.74. The molecule has 1 fully saturated rings. The average Bonchev–Trinajstić information content (AvgIpc) is 3.08. The van der Waals surface area contributed by atoms with Gasteiger partial charge in [0.2, 0.25) is 5.75 Å². The van der Waals surface area contributed by atoms with Crippen LogP contribution in [0, 0.1) is 10.1 Å². The molecule has 1 saturated heterocycles. The van der Waals surface area contributed by atoms with Gasteiger partial charge in [0.1, 0.15) is 4.32 Å². The van der Waals surface area contributed by atoms with Crippen molar-refractivity contribution in [2.24, 2.45) is 0 Å². The summed E-state index contributed by atoms with van der Waals surface area (Å²) in [5, 5.41) is 11.4. The van der Waals surface area contributed by atoms with E-state index in [-0.39, 0.29) is 17.4 Å². The lowest BCUT2D eigenvalue weighted by atomic mass is 10.1. The van der Waals surface area contributed by atoms with Crippen LogP contribution in [0.25, 0.3) is 6.08 Å². The molecule has 190 valence electrons. The van der Waals surface area contributed by atoms with E-state index in [9.17, 15) is 28.1 Å². The Balaban J connectivity index is 1.59. The molecule has 0 aliphatic carbocycles. The van der Waals surface area contributed by atoms with Gasteiger partial charge < -0.3 is 4.74 Å². The number of amides is 1. The van der Waals surface area contributed by atoms with E-state index in [1.807, 2.05) is 30.3 Å². The fraction of sp³-hybridized carbons (Fsp3) is 0.0833. The van der Waals surface area contributed by atoms with Crippen LogP contribution in [0.5, 0.6) is 11.5 Å². The number of carbonyl (C=O) groups is 1. The number of thiocarbonyl (C=S) groups is 1. The molecule has 0 radical (unpaired) electrons.